The van der Waals surface area contributed by atoms with E-state index in [1.165, 1.54) is 0 Å². The lowest BCUT2D eigenvalue weighted by atomic mass is 10.2. The highest BCUT2D eigenvalue weighted by Crippen LogP contribution is 2.57. The Labute approximate surface area is 196 Å². The molecule has 152 valence electrons. The van der Waals surface area contributed by atoms with E-state index in [9.17, 15) is 4.57 Å². The SMILES string of the molecule is O=P(C(=C=Cc1ccc(Cl)cc1)c1ccccc1Br)(c1ccccc1)c1ccccc1. The van der Waals surface area contributed by atoms with Gasteiger partial charge in [-0.1, -0.05) is 119 Å². The van der Waals surface area contributed by atoms with E-state index in [1.54, 1.807) is 0 Å². The molecular weight excluding hydrogens is 487 g/mol. The number of halogens is 2. The van der Waals surface area contributed by atoms with Crippen molar-refractivity contribution < 1.29 is 4.57 Å². The van der Waals surface area contributed by atoms with E-state index in [2.05, 4.69) is 21.7 Å². The summed E-state index contributed by atoms with van der Waals surface area (Å²) in [4.78, 5) is 0. The summed E-state index contributed by atoms with van der Waals surface area (Å²) < 4.78 is 15.9. The van der Waals surface area contributed by atoms with Crippen molar-refractivity contribution in [1.29, 1.82) is 0 Å². The molecule has 0 fully saturated rings. The fourth-order valence-electron chi connectivity index (χ4n) is 3.39. The smallest absolute Gasteiger partial charge is 0.179 e. The van der Waals surface area contributed by atoms with Crippen molar-refractivity contribution in [3.05, 3.63) is 136 Å². The van der Waals surface area contributed by atoms with E-state index in [0.29, 0.717) is 10.3 Å². The average Bonchev–Trinajstić information content (AvgIpc) is 2.82. The van der Waals surface area contributed by atoms with Crippen LogP contribution in [0.5, 0.6) is 0 Å². The second-order valence-corrected chi connectivity index (χ2v) is 10.9. The summed E-state index contributed by atoms with van der Waals surface area (Å²) in [6.07, 6.45) is 1.86. The summed E-state index contributed by atoms with van der Waals surface area (Å²) in [5.41, 5.74) is 5.19. The molecule has 0 N–H and O–H groups in total. The first-order chi connectivity index (χ1) is 15.1. The normalized spacial score (nSPS) is 10.9. The molecule has 0 heterocycles. The second-order valence-electron chi connectivity index (χ2n) is 6.95. The Morgan fingerprint density at radius 1 is 0.742 bits per heavy atom. The molecular formula is C27H19BrClOP. The van der Waals surface area contributed by atoms with Crippen LogP contribution in [0.3, 0.4) is 0 Å². The van der Waals surface area contributed by atoms with Crippen LogP contribution in [0, 0.1) is 0 Å². The Hall–Kier alpha value is -2.60. The van der Waals surface area contributed by atoms with Gasteiger partial charge in [-0.15, -0.1) is 5.73 Å². The predicted octanol–water partition coefficient (Wildman–Crippen LogP) is 7.77. The highest BCUT2D eigenvalue weighted by molar-refractivity contribution is 9.10. The molecule has 0 bridgehead atoms. The number of hydrogen-bond acceptors (Lipinski definition) is 1. The van der Waals surface area contributed by atoms with E-state index in [-0.39, 0.29) is 0 Å². The molecule has 0 aliphatic carbocycles. The Morgan fingerprint density at radius 3 is 1.81 bits per heavy atom. The highest BCUT2D eigenvalue weighted by Gasteiger charge is 2.33. The van der Waals surface area contributed by atoms with Gasteiger partial charge in [0, 0.05) is 25.7 Å². The van der Waals surface area contributed by atoms with Crippen molar-refractivity contribution in [2.45, 2.75) is 0 Å². The van der Waals surface area contributed by atoms with Crippen LogP contribution < -0.4 is 10.6 Å². The van der Waals surface area contributed by atoms with Gasteiger partial charge in [-0.3, -0.25) is 0 Å². The fraction of sp³-hybridized carbons (Fsp3) is 0. The van der Waals surface area contributed by atoms with Gasteiger partial charge in [0.2, 0.25) is 0 Å². The van der Waals surface area contributed by atoms with Gasteiger partial charge in [-0.05, 0) is 29.8 Å². The van der Waals surface area contributed by atoms with E-state index >= 15 is 0 Å². The molecule has 0 saturated carbocycles. The third-order valence-electron chi connectivity index (χ3n) is 4.93. The molecule has 0 aliphatic heterocycles. The molecule has 0 aliphatic rings. The minimum atomic E-state index is -3.21. The summed E-state index contributed by atoms with van der Waals surface area (Å²) in [5, 5.41) is 2.85. The molecule has 0 radical (unpaired) electrons. The summed E-state index contributed by atoms with van der Waals surface area (Å²) in [7, 11) is -3.21. The molecule has 0 atom stereocenters. The van der Waals surface area contributed by atoms with Crippen LogP contribution in [0.15, 0.2) is 119 Å². The third kappa shape index (κ3) is 4.69. The minimum Gasteiger partial charge on any atom is -0.308 e. The summed E-state index contributed by atoms with van der Waals surface area (Å²) in [6, 6.07) is 34.6. The maximum Gasteiger partial charge on any atom is 0.179 e. The van der Waals surface area contributed by atoms with Gasteiger partial charge >= 0.3 is 0 Å². The number of rotatable bonds is 5. The van der Waals surface area contributed by atoms with Crippen molar-refractivity contribution in [3.8, 4) is 0 Å². The molecule has 31 heavy (non-hydrogen) atoms. The molecule has 4 aromatic carbocycles. The Bertz CT molecular complexity index is 1250. The lowest BCUT2D eigenvalue weighted by Gasteiger charge is -2.22. The van der Waals surface area contributed by atoms with Gasteiger partial charge in [0.15, 0.2) is 7.14 Å². The largest absolute Gasteiger partial charge is 0.308 e. The zero-order chi connectivity index (χ0) is 21.7. The molecule has 0 amide bonds. The Balaban J connectivity index is 2.04. The molecule has 4 heteroatoms. The maximum atomic E-state index is 15.0. The van der Waals surface area contributed by atoms with Crippen molar-refractivity contribution in [2.75, 3.05) is 0 Å². The first-order valence-electron chi connectivity index (χ1n) is 9.78. The number of hydrogen-bond donors (Lipinski definition) is 0. The van der Waals surface area contributed by atoms with Gasteiger partial charge in [-0.2, -0.15) is 0 Å². The lowest BCUT2D eigenvalue weighted by Crippen LogP contribution is -2.17. The molecule has 4 aromatic rings. The van der Waals surface area contributed by atoms with Crippen LogP contribution in [-0.2, 0) is 4.57 Å². The molecule has 0 unspecified atom stereocenters. The zero-order valence-corrected chi connectivity index (χ0v) is 19.8. The Kier molecular flexibility index (Phi) is 6.76. The van der Waals surface area contributed by atoms with Crippen molar-refractivity contribution >= 4 is 56.7 Å². The van der Waals surface area contributed by atoms with Gasteiger partial charge in [0.05, 0.1) is 5.31 Å². The van der Waals surface area contributed by atoms with Crippen LogP contribution in [0.1, 0.15) is 11.1 Å². The summed E-state index contributed by atoms with van der Waals surface area (Å²) in [6.45, 7) is 0. The monoisotopic (exact) mass is 504 g/mol. The van der Waals surface area contributed by atoms with Gasteiger partial charge < -0.3 is 4.57 Å². The van der Waals surface area contributed by atoms with E-state index in [4.69, 9.17) is 11.6 Å². The average molecular weight is 506 g/mol. The standard InChI is InChI=1S/C27H19BrClOP/c28-26-14-8-7-13-25(26)27(20-17-21-15-18-22(29)19-16-21)31(30,23-9-3-1-4-10-23)24-11-5-2-6-12-24/h1-19H. The van der Waals surface area contributed by atoms with E-state index in [0.717, 1.165) is 26.2 Å². The molecule has 4 rings (SSSR count). The molecule has 0 spiro atoms. The van der Waals surface area contributed by atoms with Gasteiger partial charge in [0.25, 0.3) is 0 Å². The van der Waals surface area contributed by atoms with Crippen molar-refractivity contribution in [3.63, 3.8) is 0 Å². The van der Waals surface area contributed by atoms with Crippen LogP contribution in [0.2, 0.25) is 5.02 Å². The predicted molar refractivity (Wildman–Crippen MR) is 137 cm³/mol. The second kappa shape index (κ2) is 9.69. The van der Waals surface area contributed by atoms with Crippen molar-refractivity contribution in [1.82, 2.24) is 0 Å². The molecule has 0 saturated heterocycles. The van der Waals surface area contributed by atoms with E-state index < -0.39 is 7.14 Å². The first-order valence-corrected chi connectivity index (χ1v) is 12.7. The summed E-state index contributed by atoms with van der Waals surface area (Å²) >= 11 is 9.69. The first kappa shape index (κ1) is 21.6. The van der Waals surface area contributed by atoms with Gasteiger partial charge in [-0.25, -0.2) is 0 Å². The van der Waals surface area contributed by atoms with Crippen LogP contribution in [0.4, 0.5) is 0 Å². The Morgan fingerprint density at radius 2 is 1.26 bits per heavy atom. The van der Waals surface area contributed by atoms with E-state index in [1.807, 2.05) is 115 Å². The third-order valence-corrected chi connectivity index (χ3v) is 8.92. The van der Waals surface area contributed by atoms with Crippen LogP contribution in [-0.4, -0.2) is 0 Å². The van der Waals surface area contributed by atoms with Crippen molar-refractivity contribution in [2.24, 2.45) is 0 Å². The molecule has 0 aromatic heterocycles. The number of benzene rings is 4. The highest BCUT2D eigenvalue weighted by atomic mass is 79.9. The summed E-state index contributed by atoms with van der Waals surface area (Å²) in [5.74, 6) is 0. The lowest BCUT2D eigenvalue weighted by molar-refractivity contribution is 0.593. The quantitative estimate of drug-likeness (QED) is 0.200. The zero-order valence-electron chi connectivity index (χ0n) is 16.6. The fourth-order valence-corrected chi connectivity index (χ4v) is 6.93. The molecule has 1 nitrogen and oxygen atoms in total. The van der Waals surface area contributed by atoms with Crippen LogP contribution >= 0.6 is 34.7 Å². The maximum absolute atomic E-state index is 15.0. The van der Waals surface area contributed by atoms with Crippen LogP contribution in [0.25, 0.3) is 11.4 Å². The topological polar surface area (TPSA) is 17.1 Å². The minimum absolute atomic E-state index is 0.646. The van der Waals surface area contributed by atoms with Gasteiger partial charge in [0.1, 0.15) is 0 Å².